The third-order valence-electron chi connectivity index (χ3n) is 3.38. The molecule has 1 aromatic carbocycles. The Morgan fingerprint density at radius 2 is 1.70 bits per heavy atom. The average Bonchev–Trinajstić information content (AvgIpc) is 2.70. The summed E-state index contributed by atoms with van der Waals surface area (Å²) in [6.45, 7) is 8.17. The van der Waals surface area contributed by atoms with Crippen LogP contribution in [0.25, 0.3) is 0 Å². The van der Waals surface area contributed by atoms with Gasteiger partial charge >= 0.3 is 0 Å². The van der Waals surface area contributed by atoms with E-state index >= 15 is 0 Å². The van der Waals surface area contributed by atoms with Crippen LogP contribution in [0.5, 0.6) is 0 Å². The minimum absolute atomic E-state index is 0.885. The van der Waals surface area contributed by atoms with Gasteiger partial charge in [0.05, 0.1) is 11.4 Å². The third kappa shape index (κ3) is 2.88. The summed E-state index contributed by atoms with van der Waals surface area (Å²) in [5, 5.41) is 9.61. The van der Waals surface area contributed by atoms with Crippen molar-refractivity contribution < 1.29 is 0 Å². The molecule has 0 amide bonds. The van der Waals surface area contributed by atoms with E-state index in [0.29, 0.717) is 0 Å². The molecule has 0 fully saturated rings. The van der Waals surface area contributed by atoms with E-state index in [1.165, 1.54) is 22.8 Å². The number of aromatic nitrogens is 1. The molecular weight excluding hydrogens is 268 g/mol. The lowest BCUT2D eigenvalue weighted by atomic mass is 10.1. The van der Waals surface area contributed by atoms with Crippen molar-refractivity contribution in [3.8, 4) is 0 Å². The van der Waals surface area contributed by atoms with E-state index in [1.54, 1.807) is 0 Å². The zero-order valence-corrected chi connectivity index (χ0v) is 13.7. The van der Waals surface area contributed by atoms with Gasteiger partial charge in [-0.25, -0.2) is 0 Å². The molecule has 106 valence electrons. The minimum Gasteiger partial charge on any atom is -0.377 e. The van der Waals surface area contributed by atoms with E-state index in [1.807, 2.05) is 27.9 Å². The monoisotopic (exact) mass is 288 g/mol. The number of rotatable bonds is 3. The Morgan fingerprint density at radius 3 is 2.25 bits per heavy atom. The lowest BCUT2D eigenvalue weighted by molar-refractivity contribution is 1.10. The molecule has 0 spiro atoms. The predicted molar refractivity (Wildman–Crippen MR) is 86.0 cm³/mol. The van der Waals surface area contributed by atoms with Crippen molar-refractivity contribution in [1.82, 2.24) is 4.37 Å². The lowest BCUT2D eigenvalue weighted by Gasteiger charge is -2.17. The van der Waals surface area contributed by atoms with E-state index in [9.17, 15) is 0 Å². The summed E-state index contributed by atoms with van der Waals surface area (Å²) in [7, 11) is 4.10. The maximum atomic E-state index is 4.39. The Balaban J connectivity index is 2.35. The van der Waals surface area contributed by atoms with Crippen LogP contribution in [-0.2, 0) is 0 Å². The largest absolute Gasteiger partial charge is 0.377 e. The summed E-state index contributed by atoms with van der Waals surface area (Å²) >= 11 is 1.39. The summed E-state index contributed by atoms with van der Waals surface area (Å²) in [6.07, 6.45) is 0. The van der Waals surface area contributed by atoms with Gasteiger partial charge in [-0.2, -0.15) is 4.37 Å². The highest BCUT2D eigenvalue weighted by atomic mass is 32.1. The molecule has 5 heteroatoms. The Morgan fingerprint density at radius 1 is 1.00 bits per heavy atom. The second-order valence-electron chi connectivity index (χ2n) is 5.22. The molecule has 2 rings (SSSR count). The zero-order valence-electron chi connectivity index (χ0n) is 12.9. The first-order chi connectivity index (χ1) is 9.40. The zero-order chi connectivity index (χ0) is 14.9. The average molecular weight is 288 g/mol. The molecule has 20 heavy (non-hydrogen) atoms. The normalized spacial score (nSPS) is 11.3. The molecule has 0 saturated carbocycles. The Labute approximate surface area is 124 Å². The molecule has 0 saturated heterocycles. The smallest absolute Gasteiger partial charge is 0.161 e. The molecular formula is C15H20N4S. The third-order valence-corrected chi connectivity index (χ3v) is 4.30. The molecule has 2 aromatic rings. The number of anilines is 1. The van der Waals surface area contributed by atoms with Gasteiger partial charge in [-0.05, 0) is 62.5 Å². The van der Waals surface area contributed by atoms with Gasteiger partial charge in [-0.3, -0.25) is 0 Å². The highest BCUT2D eigenvalue weighted by Crippen LogP contribution is 2.32. The number of aryl methyl sites for hydroxylation is 3. The van der Waals surface area contributed by atoms with E-state index in [4.69, 9.17) is 0 Å². The van der Waals surface area contributed by atoms with Gasteiger partial charge < -0.3 is 4.90 Å². The fraction of sp³-hybridized carbons (Fsp3) is 0.400. The molecule has 4 nitrogen and oxygen atoms in total. The van der Waals surface area contributed by atoms with Gasteiger partial charge in [0, 0.05) is 25.3 Å². The van der Waals surface area contributed by atoms with E-state index < -0.39 is 0 Å². The number of benzene rings is 1. The van der Waals surface area contributed by atoms with Crippen LogP contribution in [0.15, 0.2) is 22.4 Å². The Kier molecular flexibility index (Phi) is 4.18. The van der Waals surface area contributed by atoms with Crippen molar-refractivity contribution in [2.45, 2.75) is 27.7 Å². The van der Waals surface area contributed by atoms with Crippen molar-refractivity contribution >= 4 is 27.9 Å². The molecule has 0 aliphatic rings. The van der Waals surface area contributed by atoms with E-state index in [-0.39, 0.29) is 0 Å². The first-order valence-electron chi connectivity index (χ1n) is 6.53. The van der Waals surface area contributed by atoms with Crippen LogP contribution in [0.3, 0.4) is 0 Å². The van der Waals surface area contributed by atoms with Crippen molar-refractivity contribution in [1.29, 1.82) is 0 Å². The maximum absolute atomic E-state index is 4.39. The molecule has 0 aliphatic heterocycles. The first kappa shape index (κ1) is 14.7. The summed E-state index contributed by atoms with van der Waals surface area (Å²) in [5.74, 6) is 0. The lowest BCUT2D eigenvalue weighted by Crippen LogP contribution is -2.10. The van der Waals surface area contributed by atoms with Gasteiger partial charge in [0.2, 0.25) is 0 Å². The molecule has 1 heterocycles. The standard InChI is InChI=1S/C15H20N4S/c1-9-8-14(19(5)6)10(2)7-13(9)16-17-15-11(3)12(4)18-20-15/h7-8H,1-6H3. The summed E-state index contributed by atoms with van der Waals surface area (Å²) in [4.78, 5) is 2.11. The Bertz CT molecular complexity index is 656. The number of hydrogen-bond acceptors (Lipinski definition) is 5. The summed E-state index contributed by atoms with van der Waals surface area (Å²) in [6, 6.07) is 4.23. The van der Waals surface area contributed by atoms with Crippen LogP contribution in [0.4, 0.5) is 16.4 Å². The van der Waals surface area contributed by atoms with Gasteiger partial charge in [-0.15, -0.1) is 10.2 Å². The first-order valence-corrected chi connectivity index (χ1v) is 7.30. The van der Waals surface area contributed by atoms with Crippen LogP contribution >= 0.6 is 11.5 Å². The second kappa shape index (κ2) is 5.71. The van der Waals surface area contributed by atoms with E-state index in [2.05, 4.69) is 45.5 Å². The van der Waals surface area contributed by atoms with Gasteiger partial charge in [0.25, 0.3) is 0 Å². The molecule has 1 aromatic heterocycles. The number of nitrogens with zero attached hydrogens (tertiary/aromatic N) is 4. The van der Waals surface area contributed by atoms with Gasteiger partial charge in [0.1, 0.15) is 0 Å². The molecule has 0 aliphatic carbocycles. The molecule has 0 unspecified atom stereocenters. The predicted octanol–water partition coefficient (Wildman–Crippen LogP) is 4.86. The number of azo groups is 1. The van der Waals surface area contributed by atoms with Crippen LogP contribution in [0, 0.1) is 27.7 Å². The van der Waals surface area contributed by atoms with Crippen molar-refractivity contribution in [2.75, 3.05) is 19.0 Å². The van der Waals surface area contributed by atoms with Crippen molar-refractivity contribution in [3.63, 3.8) is 0 Å². The second-order valence-corrected chi connectivity index (χ2v) is 5.97. The summed E-state index contributed by atoms with van der Waals surface area (Å²) in [5.41, 5.74) is 6.59. The van der Waals surface area contributed by atoms with Crippen LogP contribution in [0.2, 0.25) is 0 Å². The Hall–Kier alpha value is -1.75. The molecule has 0 atom stereocenters. The number of hydrogen-bond donors (Lipinski definition) is 0. The highest BCUT2D eigenvalue weighted by Gasteiger charge is 2.07. The fourth-order valence-corrected chi connectivity index (χ4v) is 2.69. The van der Waals surface area contributed by atoms with Crippen molar-refractivity contribution in [3.05, 3.63) is 34.5 Å². The topological polar surface area (TPSA) is 40.9 Å². The van der Waals surface area contributed by atoms with Crippen LogP contribution < -0.4 is 4.90 Å². The van der Waals surface area contributed by atoms with Gasteiger partial charge in [-0.1, -0.05) is 0 Å². The van der Waals surface area contributed by atoms with Crippen LogP contribution in [0.1, 0.15) is 22.4 Å². The molecule has 0 radical (unpaired) electrons. The highest BCUT2D eigenvalue weighted by molar-refractivity contribution is 7.10. The minimum atomic E-state index is 0.885. The maximum Gasteiger partial charge on any atom is 0.161 e. The fourth-order valence-electron chi connectivity index (χ4n) is 1.97. The van der Waals surface area contributed by atoms with Crippen molar-refractivity contribution in [2.24, 2.45) is 10.2 Å². The molecule has 0 N–H and O–H groups in total. The molecule has 0 bridgehead atoms. The van der Waals surface area contributed by atoms with Crippen LogP contribution in [-0.4, -0.2) is 18.5 Å². The summed E-state index contributed by atoms with van der Waals surface area (Å²) < 4.78 is 4.29. The van der Waals surface area contributed by atoms with E-state index in [0.717, 1.165) is 27.5 Å². The van der Waals surface area contributed by atoms with Gasteiger partial charge in [0.15, 0.2) is 5.00 Å². The quantitative estimate of drug-likeness (QED) is 0.757. The SMILES string of the molecule is Cc1cc(N(C)C)c(C)cc1N=Nc1snc(C)c1C.